The van der Waals surface area contributed by atoms with Crippen LogP contribution >= 0.6 is 0 Å². The van der Waals surface area contributed by atoms with Crippen LogP contribution in [0.25, 0.3) is 11.0 Å². The van der Waals surface area contributed by atoms with Gasteiger partial charge < -0.3 is 9.73 Å². The molecule has 1 amide bonds. The monoisotopic (exact) mass is 309 g/mol. The normalized spacial score (nSPS) is 12.3. The number of aryl methyl sites for hydroxylation is 2. The van der Waals surface area contributed by atoms with Gasteiger partial charge in [0, 0.05) is 17.3 Å². The van der Waals surface area contributed by atoms with Crippen molar-refractivity contribution in [1.82, 2.24) is 15.3 Å². The van der Waals surface area contributed by atoms with E-state index in [0.717, 1.165) is 17.5 Å². The maximum Gasteiger partial charge on any atom is 0.255 e. The summed E-state index contributed by atoms with van der Waals surface area (Å²) in [5.41, 5.74) is 3.29. The molecule has 118 valence electrons. The van der Waals surface area contributed by atoms with E-state index in [-0.39, 0.29) is 11.9 Å². The third-order valence-corrected chi connectivity index (χ3v) is 3.84. The lowest BCUT2D eigenvalue weighted by Gasteiger charge is -2.12. The van der Waals surface area contributed by atoms with Gasteiger partial charge in [0.15, 0.2) is 0 Å². The average Bonchev–Trinajstić information content (AvgIpc) is 2.97. The standard InChI is InChI=1S/C18H19N3O2/c1-4-13-5-6-16-14(9-13)15(10-23-16)18(22)21-12(3)17-19-8-7-11(2)20-17/h5-10,12H,4H2,1-3H3,(H,21,22). The lowest BCUT2D eigenvalue weighted by Crippen LogP contribution is -2.27. The molecule has 5 heteroatoms. The zero-order valence-corrected chi connectivity index (χ0v) is 13.5. The number of furan rings is 1. The number of nitrogens with one attached hydrogen (secondary N) is 1. The van der Waals surface area contributed by atoms with Gasteiger partial charge in [-0.1, -0.05) is 13.0 Å². The van der Waals surface area contributed by atoms with Gasteiger partial charge in [0.2, 0.25) is 0 Å². The topological polar surface area (TPSA) is 68.0 Å². The Kier molecular flexibility index (Phi) is 4.10. The molecule has 0 bridgehead atoms. The molecular weight excluding hydrogens is 290 g/mol. The number of hydrogen-bond donors (Lipinski definition) is 1. The molecule has 2 aromatic heterocycles. The van der Waals surface area contributed by atoms with E-state index in [1.165, 1.54) is 11.8 Å². The molecule has 1 atom stereocenters. The Balaban J connectivity index is 1.86. The van der Waals surface area contributed by atoms with Crippen LogP contribution in [0.15, 0.2) is 41.1 Å². The molecule has 1 aromatic carbocycles. The third-order valence-electron chi connectivity index (χ3n) is 3.84. The summed E-state index contributed by atoms with van der Waals surface area (Å²) >= 11 is 0. The second kappa shape index (κ2) is 6.20. The van der Waals surface area contributed by atoms with Gasteiger partial charge in [0.05, 0.1) is 11.6 Å². The number of rotatable bonds is 4. The van der Waals surface area contributed by atoms with E-state index in [2.05, 4.69) is 22.2 Å². The number of hydrogen-bond acceptors (Lipinski definition) is 4. The molecule has 0 aliphatic rings. The van der Waals surface area contributed by atoms with Crippen molar-refractivity contribution >= 4 is 16.9 Å². The summed E-state index contributed by atoms with van der Waals surface area (Å²) in [4.78, 5) is 21.1. The number of carbonyl (C=O) groups is 1. The predicted molar refractivity (Wildman–Crippen MR) is 88.2 cm³/mol. The molecule has 5 nitrogen and oxygen atoms in total. The van der Waals surface area contributed by atoms with Gasteiger partial charge in [-0.05, 0) is 44.0 Å². The minimum absolute atomic E-state index is 0.186. The third kappa shape index (κ3) is 3.08. The minimum atomic E-state index is -0.276. The Morgan fingerprint density at radius 1 is 1.35 bits per heavy atom. The highest BCUT2D eigenvalue weighted by atomic mass is 16.3. The summed E-state index contributed by atoms with van der Waals surface area (Å²) in [5, 5.41) is 3.76. The van der Waals surface area contributed by atoms with Crippen molar-refractivity contribution < 1.29 is 9.21 Å². The molecule has 3 aromatic rings. The van der Waals surface area contributed by atoms with Crippen molar-refractivity contribution in [3.63, 3.8) is 0 Å². The van der Waals surface area contributed by atoms with Gasteiger partial charge >= 0.3 is 0 Å². The van der Waals surface area contributed by atoms with E-state index in [4.69, 9.17) is 4.42 Å². The van der Waals surface area contributed by atoms with Crippen LogP contribution in [-0.4, -0.2) is 15.9 Å². The number of aromatic nitrogens is 2. The van der Waals surface area contributed by atoms with Crippen LogP contribution in [0.1, 0.15) is 47.3 Å². The van der Waals surface area contributed by atoms with Gasteiger partial charge in [-0.25, -0.2) is 9.97 Å². The van der Waals surface area contributed by atoms with Crippen LogP contribution in [0.3, 0.4) is 0 Å². The van der Waals surface area contributed by atoms with E-state index < -0.39 is 0 Å². The van der Waals surface area contributed by atoms with Crippen LogP contribution in [0, 0.1) is 6.92 Å². The molecule has 1 N–H and O–H groups in total. The zero-order chi connectivity index (χ0) is 16.4. The van der Waals surface area contributed by atoms with E-state index in [1.54, 1.807) is 6.20 Å². The highest BCUT2D eigenvalue weighted by Crippen LogP contribution is 2.23. The van der Waals surface area contributed by atoms with Crippen molar-refractivity contribution in [1.29, 1.82) is 0 Å². The van der Waals surface area contributed by atoms with Crippen molar-refractivity contribution in [3.05, 3.63) is 59.4 Å². The molecule has 0 aliphatic heterocycles. The summed E-state index contributed by atoms with van der Waals surface area (Å²) in [5.74, 6) is 0.412. The number of benzene rings is 1. The van der Waals surface area contributed by atoms with Crippen molar-refractivity contribution in [2.45, 2.75) is 33.2 Å². The first-order valence-electron chi connectivity index (χ1n) is 7.69. The summed E-state index contributed by atoms with van der Waals surface area (Å²) < 4.78 is 5.48. The lowest BCUT2D eigenvalue weighted by atomic mass is 10.1. The number of carbonyl (C=O) groups excluding carboxylic acids is 1. The Morgan fingerprint density at radius 2 is 2.17 bits per heavy atom. The first-order valence-corrected chi connectivity index (χ1v) is 7.69. The Hall–Kier alpha value is -2.69. The maximum atomic E-state index is 12.6. The highest BCUT2D eigenvalue weighted by Gasteiger charge is 2.18. The second-order valence-electron chi connectivity index (χ2n) is 5.58. The quantitative estimate of drug-likeness (QED) is 0.799. The predicted octanol–water partition coefficient (Wildman–Crippen LogP) is 3.58. The maximum absolute atomic E-state index is 12.6. The summed E-state index contributed by atoms with van der Waals surface area (Å²) in [7, 11) is 0. The van der Waals surface area contributed by atoms with Crippen molar-refractivity contribution in [3.8, 4) is 0 Å². The fourth-order valence-corrected chi connectivity index (χ4v) is 2.49. The minimum Gasteiger partial charge on any atom is -0.463 e. The zero-order valence-electron chi connectivity index (χ0n) is 13.5. The average molecular weight is 309 g/mol. The van der Waals surface area contributed by atoms with Crippen LogP contribution < -0.4 is 5.32 Å². The van der Waals surface area contributed by atoms with E-state index >= 15 is 0 Å². The molecule has 1 unspecified atom stereocenters. The smallest absolute Gasteiger partial charge is 0.255 e. The molecule has 0 radical (unpaired) electrons. The van der Waals surface area contributed by atoms with Crippen LogP contribution in [0.2, 0.25) is 0 Å². The van der Waals surface area contributed by atoms with Gasteiger partial charge in [0.25, 0.3) is 5.91 Å². The first-order chi connectivity index (χ1) is 11.1. The molecule has 0 saturated heterocycles. The fourth-order valence-electron chi connectivity index (χ4n) is 2.49. The summed E-state index contributed by atoms with van der Waals surface area (Å²) in [6, 6.07) is 7.46. The SMILES string of the molecule is CCc1ccc2occ(C(=O)NC(C)c3nccc(C)n3)c2c1. The summed E-state index contributed by atoms with van der Waals surface area (Å²) in [6.07, 6.45) is 4.11. The molecule has 0 saturated carbocycles. The van der Waals surface area contributed by atoms with Gasteiger partial charge in [0.1, 0.15) is 17.7 Å². The molecule has 0 aliphatic carbocycles. The van der Waals surface area contributed by atoms with Crippen molar-refractivity contribution in [2.75, 3.05) is 0 Å². The van der Waals surface area contributed by atoms with Gasteiger partial charge in [-0.3, -0.25) is 4.79 Å². The molecule has 23 heavy (non-hydrogen) atoms. The number of amides is 1. The fraction of sp³-hybridized carbons (Fsp3) is 0.278. The van der Waals surface area contributed by atoms with Crippen LogP contribution in [0.4, 0.5) is 0 Å². The highest BCUT2D eigenvalue weighted by molar-refractivity contribution is 6.06. The van der Waals surface area contributed by atoms with E-state index in [9.17, 15) is 4.79 Å². The Labute approximate surface area is 134 Å². The Bertz CT molecular complexity index is 854. The second-order valence-corrected chi connectivity index (χ2v) is 5.58. The Morgan fingerprint density at radius 3 is 2.91 bits per heavy atom. The largest absolute Gasteiger partial charge is 0.463 e. The van der Waals surface area contributed by atoms with Crippen LogP contribution in [0.5, 0.6) is 0 Å². The molecule has 0 fully saturated rings. The first kappa shape index (κ1) is 15.2. The number of fused-ring (bicyclic) bond motifs is 1. The molecule has 0 spiro atoms. The molecule has 2 heterocycles. The van der Waals surface area contributed by atoms with Gasteiger partial charge in [-0.15, -0.1) is 0 Å². The molecule has 3 rings (SSSR count). The van der Waals surface area contributed by atoms with Crippen LogP contribution in [-0.2, 0) is 6.42 Å². The summed E-state index contributed by atoms with van der Waals surface area (Å²) in [6.45, 7) is 5.85. The lowest BCUT2D eigenvalue weighted by molar-refractivity contribution is 0.0939. The van der Waals surface area contributed by atoms with E-state index in [0.29, 0.717) is 17.0 Å². The van der Waals surface area contributed by atoms with Crippen molar-refractivity contribution in [2.24, 2.45) is 0 Å². The van der Waals surface area contributed by atoms with E-state index in [1.807, 2.05) is 38.1 Å². The molecular formula is C18H19N3O2. The number of nitrogens with zero attached hydrogens (tertiary/aromatic N) is 2. The van der Waals surface area contributed by atoms with Gasteiger partial charge in [-0.2, -0.15) is 0 Å².